The van der Waals surface area contributed by atoms with E-state index in [0.29, 0.717) is 28.5 Å². The van der Waals surface area contributed by atoms with E-state index in [1.165, 1.54) is 0 Å². The van der Waals surface area contributed by atoms with Gasteiger partial charge >= 0.3 is 0 Å². The van der Waals surface area contributed by atoms with Crippen LogP contribution in [0.25, 0.3) is 0 Å². The Bertz CT molecular complexity index is 626. The molecule has 22 heavy (non-hydrogen) atoms. The molecule has 1 unspecified atom stereocenters. The summed E-state index contributed by atoms with van der Waals surface area (Å²) < 4.78 is 5.70. The van der Waals surface area contributed by atoms with E-state index in [4.69, 9.17) is 27.9 Å². The lowest BCUT2D eigenvalue weighted by Gasteiger charge is -2.33. The standard InChI is InChI=1S/C15H16Cl2N4O/c16-12-6-13(17)15(20-7-12)21-5-1-2-11(9-21)10-22-14-8-18-3-4-19-14/h3-4,6-8,11H,1-2,5,9-10H2. The van der Waals surface area contributed by atoms with Crippen molar-refractivity contribution in [3.8, 4) is 5.88 Å². The molecule has 0 saturated carbocycles. The number of anilines is 1. The van der Waals surface area contributed by atoms with Crippen molar-refractivity contribution in [3.05, 3.63) is 40.9 Å². The van der Waals surface area contributed by atoms with Gasteiger partial charge in [0.2, 0.25) is 5.88 Å². The highest BCUT2D eigenvalue weighted by molar-refractivity contribution is 6.36. The molecular weight excluding hydrogens is 323 g/mol. The van der Waals surface area contributed by atoms with Crippen LogP contribution in [0.2, 0.25) is 10.0 Å². The number of pyridine rings is 1. The second-order valence-electron chi connectivity index (χ2n) is 5.27. The van der Waals surface area contributed by atoms with E-state index in [0.717, 1.165) is 31.7 Å². The molecule has 7 heteroatoms. The van der Waals surface area contributed by atoms with Gasteiger partial charge in [0, 0.05) is 37.6 Å². The van der Waals surface area contributed by atoms with Crippen LogP contribution in [0.4, 0.5) is 5.82 Å². The highest BCUT2D eigenvalue weighted by Crippen LogP contribution is 2.29. The average molecular weight is 339 g/mol. The molecule has 0 amide bonds. The Morgan fingerprint density at radius 1 is 1.23 bits per heavy atom. The Morgan fingerprint density at radius 2 is 2.14 bits per heavy atom. The van der Waals surface area contributed by atoms with Gasteiger partial charge in [-0.25, -0.2) is 9.97 Å². The van der Waals surface area contributed by atoms with Crippen LogP contribution in [-0.4, -0.2) is 34.6 Å². The van der Waals surface area contributed by atoms with Crippen LogP contribution in [0.15, 0.2) is 30.9 Å². The first kappa shape index (κ1) is 15.3. The maximum absolute atomic E-state index is 6.25. The average Bonchev–Trinajstić information content (AvgIpc) is 2.54. The zero-order valence-electron chi connectivity index (χ0n) is 12.0. The summed E-state index contributed by atoms with van der Waals surface area (Å²) in [5, 5.41) is 1.14. The van der Waals surface area contributed by atoms with Crippen molar-refractivity contribution >= 4 is 29.0 Å². The zero-order chi connectivity index (χ0) is 15.4. The first-order valence-corrected chi connectivity index (χ1v) is 7.93. The van der Waals surface area contributed by atoms with Crippen molar-refractivity contribution in [1.29, 1.82) is 0 Å². The Hall–Kier alpha value is -1.59. The minimum absolute atomic E-state index is 0.407. The number of hydrogen-bond acceptors (Lipinski definition) is 5. The lowest BCUT2D eigenvalue weighted by Crippen LogP contribution is -2.38. The molecule has 0 bridgehead atoms. The smallest absolute Gasteiger partial charge is 0.232 e. The van der Waals surface area contributed by atoms with Gasteiger partial charge in [-0.3, -0.25) is 4.98 Å². The van der Waals surface area contributed by atoms with E-state index in [2.05, 4.69) is 19.9 Å². The molecule has 0 aromatic carbocycles. The van der Waals surface area contributed by atoms with Crippen LogP contribution >= 0.6 is 23.2 Å². The van der Waals surface area contributed by atoms with Crippen molar-refractivity contribution in [2.45, 2.75) is 12.8 Å². The van der Waals surface area contributed by atoms with Crippen LogP contribution in [0.1, 0.15) is 12.8 Å². The molecule has 0 spiro atoms. The van der Waals surface area contributed by atoms with Gasteiger partial charge in [0.25, 0.3) is 0 Å². The van der Waals surface area contributed by atoms with Crippen molar-refractivity contribution in [1.82, 2.24) is 15.0 Å². The number of rotatable bonds is 4. The lowest BCUT2D eigenvalue weighted by atomic mass is 9.99. The van der Waals surface area contributed by atoms with E-state index >= 15 is 0 Å². The van der Waals surface area contributed by atoms with Gasteiger partial charge in [-0.1, -0.05) is 23.2 Å². The molecule has 2 aromatic heterocycles. The van der Waals surface area contributed by atoms with Crippen LogP contribution in [-0.2, 0) is 0 Å². The molecule has 2 aromatic rings. The van der Waals surface area contributed by atoms with Gasteiger partial charge in [-0.05, 0) is 18.9 Å². The number of nitrogens with zero attached hydrogens (tertiary/aromatic N) is 4. The van der Waals surface area contributed by atoms with E-state index < -0.39 is 0 Å². The number of hydrogen-bond donors (Lipinski definition) is 0. The molecule has 0 aliphatic carbocycles. The molecular formula is C15H16Cl2N4O. The maximum atomic E-state index is 6.25. The SMILES string of the molecule is Clc1cnc(N2CCCC(COc3cnccn3)C2)c(Cl)c1. The molecule has 3 heterocycles. The fraction of sp³-hybridized carbons (Fsp3) is 0.400. The minimum Gasteiger partial charge on any atom is -0.476 e. The van der Waals surface area contributed by atoms with Gasteiger partial charge in [-0.2, -0.15) is 0 Å². The predicted molar refractivity (Wildman–Crippen MR) is 86.7 cm³/mol. The van der Waals surface area contributed by atoms with Crippen molar-refractivity contribution in [3.63, 3.8) is 0 Å². The molecule has 116 valence electrons. The molecule has 1 fully saturated rings. The molecule has 1 saturated heterocycles. The summed E-state index contributed by atoms with van der Waals surface area (Å²) in [6.07, 6.45) is 8.70. The zero-order valence-corrected chi connectivity index (χ0v) is 13.5. The molecule has 1 aliphatic rings. The third-order valence-corrected chi connectivity index (χ3v) is 4.10. The summed E-state index contributed by atoms with van der Waals surface area (Å²) in [5.74, 6) is 1.75. The maximum Gasteiger partial charge on any atom is 0.232 e. The number of ether oxygens (including phenoxy) is 1. The van der Waals surface area contributed by atoms with Gasteiger partial charge in [0.05, 0.1) is 22.8 Å². The molecule has 1 aliphatic heterocycles. The first-order chi connectivity index (χ1) is 10.7. The highest BCUT2D eigenvalue weighted by Gasteiger charge is 2.23. The summed E-state index contributed by atoms with van der Waals surface area (Å²) in [6, 6.07) is 1.73. The van der Waals surface area contributed by atoms with Crippen molar-refractivity contribution in [2.75, 3.05) is 24.6 Å². The predicted octanol–water partition coefficient (Wildman–Crippen LogP) is 3.47. The molecule has 0 radical (unpaired) electrons. The molecule has 5 nitrogen and oxygen atoms in total. The van der Waals surface area contributed by atoms with Crippen LogP contribution < -0.4 is 9.64 Å². The van der Waals surface area contributed by atoms with E-state index in [9.17, 15) is 0 Å². The van der Waals surface area contributed by atoms with E-state index in [1.54, 1.807) is 30.9 Å². The lowest BCUT2D eigenvalue weighted by molar-refractivity contribution is 0.221. The third kappa shape index (κ3) is 3.78. The topological polar surface area (TPSA) is 51.1 Å². The summed E-state index contributed by atoms with van der Waals surface area (Å²) in [4.78, 5) is 14.7. The second kappa shape index (κ2) is 7.11. The van der Waals surface area contributed by atoms with E-state index in [-0.39, 0.29) is 0 Å². The minimum atomic E-state index is 0.407. The van der Waals surface area contributed by atoms with Crippen molar-refractivity contribution in [2.24, 2.45) is 5.92 Å². The summed E-state index contributed by atoms with van der Waals surface area (Å²) in [5.41, 5.74) is 0. The van der Waals surface area contributed by atoms with Crippen LogP contribution in [0, 0.1) is 5.92 Å². The normalized spacial score (nSPS) is 18.3. The fourth-order valence-electron chi connectivity index (χ4n) is 2.60. The second-order valence-corrected chi connectivity index (χ2v) is 6.11. The quantitative estimate of drug-likeness (QED) is 0.854. The fourth-order valence-corrected chi connectivity index (χ4v) is 3.10. The number of aromatic nitrogens is 3. The Labute approximate surface area is 139 Å². The van der Waals surface area contributed by atoms with Gasteiger partial charge in [0.15, 0.2) is 0 Å². The van der Waals surface area contributed by atoms with Crippen LogP contribution in [0.5, 0.6) is 5.88 Å². The molecule has 0 N–H and O–H groups in total. The van der Waals surface area contributed by atoms with Crippen molar-refractivity contribution < 1.29 is 4.74 Å². The largest absolute Gasteiger partial charge is 0.476 e. The number of halogens is 2. The Balaban J connectivity index is 1.61. The molecule has 1 atom stereocenters. The third-order valence-electron chi connectivity index (χ3n) is 3.61. The summed E-state index contributed by atoms with van der Waals surface area (Å²) in [6.45, 7) is 2.41. The summed E-state index contributed by atoms with van der Waals surface area (Å²) >= 11 is 12.1. The highest BCUT2D eigenvalue weighted by atomic mass is 35.5. The monoisotopic (exact) mass is 338 g/mol. The molecule has 3 rings (SSSR count). The Kier molecular flexibility index (Phi) is 4.95. The van der Waals surface area contributed by atoms with Gasteiger partial charge in [0.1, 0.15) is 5.82 Å². The van der Waals surface area contributed by atoms with Crippen LogP contribution in [0.3, 0.4) is 0 Å². The van der Waals surface area contributed by atoms with Gasteiger partial charge < -0.3 is 9.64 Å². The number of piperidine rings is 1. The Morgan fingerprint density at radius 3 is 2.91 bits per heavy atom. The van der Waals surface area contributed by atoms with Gasteiger partial charge in [-0.15, -0.1) is 0 Å². The van der Waals surface area contributed by atoms with E-state index in [1.807, 2.05) is 0 Å². The summed E-state index contributed by atoms with van der Waals surface area (Å²) in [7, 11) is 0. The first-order valence-electron chi connectivity index (χ1n) is 7.17.